The highest BCUT2D eigenvalue weighted by Gasteiger charge is 2.39. The second-order valence-electron chi connectivity index (χ2n) is 9.77. The minimum Gasteiger partial charge on any atom is -0.480 e. The molecule has 12 heteroatoms. The molecule has 3 aromatic rings. The zero-order chi connectivity index (χ0) is 28.2. The lowest BCUT2D eigenvalue weighted by Crippen LogP contribution is -2.44. The van der Waals surface area contributed by atoms with Crippen molar-refractivity contribution in [2.24, 2.45) is 5.92 Å². The molecule has 3 N–H and O–H groups in total. The molecule has 1 unspecified atom stereocenters. The summed E-state index contributed by atoms with van der Waals surface area (Å²) >= 11 is 6.15. The van der Waals surface area contributed by atoms with Crippen LogP contribution in [0.15, 0.2) is 47.4 Å². The standard InChI is InChI=1S/C28H30ClN5O6/c1-16-13-32-26(30-10-9-18-3-7-23-24(11-18)39-15-38-23)28(37)34(16)33-27(36)25(19-4-5-19)40-22-8-6-21(29)12-20(22)14-31-17(2)35/h3,6-8,11-13,19,25H,4-5,9-10,14-15H2,1-2H3,(H,30,32)(H,31,35)(H,33,36). The molecular weight excluding hydrogens is 538 g/mol. The average molecular weight is 568 g/mol. The molecule has 2 aliphatic rings. The van der Waals surface area contributed by atoms with E-state index in [1.54, 1.807) is 25.1 Å². The summed E-state index contributed by atoms with van der Waals surface area (Å²) in [5.74, 6) is 1.32. The number of nitrogens with one attached hydrogen (secondary N) is 3. The molecule has 11 nitrogen and oxygen atoms in total. The molecule has 0 spiro atoms. The number of carbonyl (C=O) groups is 2. The van der Waals surface area contributed by atoms with Gasteiger partial charge in [-0.3, -0.25) is 19.8 Å². The van der Waals surface area contributed by atoms with Crippen molar-refractivity contribution < 1.29 is 23.8 Å². The molecule has 1 aromatic heterocycles. The van der Waals surface area contributed by atoms with Gasteiger partial charge in [0.15, 0.2) is 23.4 Å². The smallest absolute Gasteiger partial charge is 0.312 e. The Morgan fingerprint density at radius 1 is 1.18 bits per heavy atom. The van der Waals surface area contributed by atoms with Crippen LogP contribution in [-0.4, -0.2) is 40.9 Å². The third-order valence-corrected chi connectivity index (χ3v) is 6.85. The lowest BCUT2D eigenvalue weighted by atomic mass is 10.1. The van der Waals surface area contributed by atoms with Crippen LogP contribution in [0.2, 0.25) is 5.02 Å². The number of nitrogens with zero attached hydrogens (tertiary/aromatic N) is 2. The fourth-order valence-corrected chi connectivity index (χ4v) is 4.51. The first kappa shape index (κ1) is 27.3. The van der Waals surface area contributed by atoms with Gasteiger partial charge >= 0.3 is 5.56 Å². The van der Waals surface area contributed by atoms with Gasteiger partial charge in [0.25, 0.3) is 5.91 Å². The van der Waals surface area contributed by atoms with Gasteiger partial charge < -0.3 is 24.8 Å². The molecule has 1 atom stereocenters. The van der Waals surface area contributed by atoms with Gasteiger partial charge in [0.1, 0.15) is 5.75 Å². The number of anilines is 1. The Bertz CT molecular complexity index is 1490. The van der Waals surface area contributed by atoms with E-state index in [1.165, 1.54) is 17.8 Å². The molecule has 0 radical (unpaired) electrons. The van der Waals surface area contributed by atoms with Crippen molar-refractivity contribution in [1.82, 2.24) is 15.0 Å². The Morgan fingerprint density at radius 3 is 2.75 bits per heavy atom. The maximum atomic E-state index is 13.4. The highest BCUT2D eigenvalue weighted by atomic mass is 35.5. The zero-order valence-corrected chi connectivity index (χ0v) is 22.9. The summed E-state index contributed by atoms with van der Waals surface area (Å²) in [5.41, 5.74) is 4.36. The van der Waals surface area contributed by atoms with Crippen LogP contribution in [0.3, 0.4) is 0 Å². The van der Waals surface area contributed by atoms with Crippen LogP contribution in [0.4, 0.5) is 5.82 Å². The van der Waals surface area contributed by atoms with Crippen molar-refractivity contribution >= 4 is 29.2 Å². The highest BCUT2D eigenvalue weighted by Crippen LogP contribution is 2.36. The number of aryl methyl sites for hydroxylation is 1. The van der Waals surface area contributed by atoms with Gasteiger partial charge in [0, 0.05) is 36.5 Å². The van der Waals surface area contributed by atoms with Crippen molar-refractivity contribution in [2.75, 3.05) is 24.1 Å². The fraction of sp³-hybridized carbons (Fsp3) is 0.357. The summed E-state index contributed by atoms with van der Waals surface area (Å²) in [5, 5.41) is 6.27. The van der Waals surface area contributed by atoms with Crippen molar-refractivity contribution in [3.63, 3.8) is 0 Å². The Balaban J connectivity index is 1.27. The Labute approximate surface area is 235 Å². The van der Waals surface area contributed by atoms with Crippen molar-refractivity contribution in [3.8, 4) is 17.2 Å². The molecule has 1 saturated carbocycles. The minimum absolute atomic E-state index is 0.00133. The highest BCUT2D eigenvalue weighted by molar-refractivity contribution is 6.30. The Morgan fingerprint density at radius 2 is 1.98 bits per heavy atom. The first-order valence-electron chi connectivity index (χ1n) is 13.0. The second kappa shape index (κ2) is 11.9. The van der Waals surface area contributed by atoms with E-state index in [4.69, 9.17) is 25.8 Å². The number of halogens is 1. The number of ether oxygens (including phenoxy) is 3. The molecule has 2 amide bonds. The van der Waals surface area contributed by atoms with Gasteiger partial charge in [-0.15, -0.1) is 0 Å². The van der Waals surface area contributed by atoms with E-state index in [-0.39, 0.29) is 31.0 Å². The molecule has 40 heavy (non-hydrogen) atoms. The van der Waals surface area contributed by atoms with Gasteiger partial charge in [-0.1, -0.05) is 17.7 Å². The Kier molecular flexibility index (Phi) is 8.11. The lowest BCUT2D eigenvalue weighted by Gasteiger charge is -2.22. The fourth-order valence-electron chi connectivity index (χ4n) is 4.31. The number of hydrogen-bond donors (Lipinski definition) is 3. The van der Waals surface area contributed by atoms with Crippen LogP contribution in [0.25, 0.3) is 0 Å². The van der Waals surface area contributed by atoms with Crippen molar-refractivity contribution in [1.29, 1.82) is 0 Å². The number of amides is 2. The molecule has 1 aliphatic heterocycles. The SMILES string of the molecule is CC(=O)NCc1cc(Cl)ccc1OC(C(=O)Nn1c(C)cnc(NCCc2ccc3c(c2)OCO3)c1=O)C1CC1. The van der Waals surface area contributed by atoms with Gasteiger partial charge in [0.05, 0.1) is 11.9 Å². The predicted molar refractivity (Wildman–Crippen MR) is 148 cm³/mol. The van der Waals surface area contributed by atoms with Crippen molar-refractivity contribution in [2.45, 2.75) is 45.8 Å². The van der Waals surface area contributed by atoms with Crippen LogP contribution in [0, 0.1) is 12.8 Å². The minimum atomic E-state index is -0.834. The monoisotopic (exact) mass is 567 g/mol. The number of aromatic nitrogens is 2. The first-order chi connectivity index (χ1) is 19.3. The van der Waals surface area contributed by atoms with Gasteiger partial charge in [-0.25, -0.2) is 9.66 Å². The Hall–Kier alpha value is -4.25. The van der Waals surface area contributed by atoms with Gasteiger partial charge in [-0.2, -0.15) is 0 Å². The van der Waals surface area contributed by atoms with E-state index in [2.05, 4.69) is 21.0 Å². The van der Waals surface area contributed by atoms with Crippen LogP contribution < -0.4 is 35.8 Å². The molecular formula is C28H30ClN5O6. The largest absolute Gasteiger partial charge is 0.480 e. The predicted octanol–water partition coefficient (Wildman–Crippen LogP) is 3.15. The number of hydrogen-bond acceptors (Lipinski definition) is 8. The van der Waals surface area contributed by atoms with Gasteiger partial charge in [-0.05, 0) is 62.1 Å². The summed E-state index contributed by atoms with van der Waals surface area (Å²) in [6, 6.07) is 10.7. The molecule has 2 heterocycles. The summed E-state index contributed by atoms with van der Waals surface area (Å²) in [6.45, 7) is 3.96. The van der Waals surface area contributed by atoms with Crippen LogP contribution in [-0.2, 0) is 22.6 Å². The van der Waals surface area contributed by atoms with E-state index < -0.39 is 17.6 Å². The first-order valence-corrected chi connectivity index (χ1v) is 13.4. The van der Waals surface area contributed by atoms with E-state index in [9.17, 15) is 14.4 Å². The molecule has 5 rings (SSSR count). The van der Waals surface area contributed by atoms with Crippen LogP contribution in [0.1, 0.15) is 36.6 Å². The molecule has 1 aliphatic carbocycles. The molecule has 210 valence electrons. The quantitative estimate of drug-likeness (QED) is 0.322. The zero-order valence-electron chi connectivity index (χ0n) is 22.2. The van der Waals surface area contributed by atoms with Crippen molar-refractivity contribution in [3.05, 3.63) is 74.8 Å². The lowest BCUT2D eigenvalue weighted by molar-refractivity contribution is -0.124. The summed E-state index contributed by atoms with van der Waals surface area (Å²) in [6.07, 6.45) is 2.95. The molecule has 0 saturated heterocycles. The summed E-state index contributed by atoms with van der Waals surface area (Å²) in [4.78, 5) is 42.3. The molecule has 1 fully saturated rings. The number of benzene rings is 2. The topological polar surface area (TPSA) is 133 Å². The third kappa shape index (κ3) is 6.48. The number of fused-ring (bicyclic) bond motifs is 1. The van der Waals surface area contributed by atoms with E-state index >= 15 is 0 Å². The van der Waals surface area contributed by atoms with E-state index in [0.717, 1.165) is 18.4 Å². The molecule has 2 aromatic carbocycles. The van der Waals surface area contributed by atoms with Crippen LogP contribution >= 0.6 is 11.6 Å². The number of rotatable bonds is 11. The maximum Gasteiger partial charge on any atom is 0.312 e. The van der Waals surface area contributed by atoms with Gasteiger partial charge in [0.2, 0.25) is 12.7 Å². The van der Waals surface area contributed by atoms with E-state index in [1.807, 2.05) is 18.2 Å². The summed E-state index contributed by atoms with van der Waals surface area (Å²) in [7, 11) is 0. The van der Waals surface area contributed by atoms with Crippen LogP contribution in [0.5, 0.6) is 17.2 Å². The average Bonchev–Trinajstić information content (AvgIpc) is 3.66. The van der Waals surface area contributed by atoms with E-state index in [0.29, 0.717) is 46.5 Å². The second-order valence-corrected chi connectivity index (χ2v) is 10.2. The number of carbonyl (C=O) groups excluding carboxylic acids is 2. The third-order valence-electron chi connectivity index (χ3n) is 6.62. The maximum absolute atomic E-state index is 13.4. The summed E-state index contributed by atoms with van der Waals surface area (Å²) < 4.78 is 18.1. The normalized spacial score (nSPS) is 14.4. The molecule has 0 bridgehead atoms.